The Bertz CT molecular complexity index is 600. The molecule has 0 aliphatic rings. The highest BCUT2D eigenvalue weighted by Gasteiger charge is 2.16. The van der Waals surface area contributed by atoms with Gasteiger partial charge in [0.05, 0.1) is 5.02 Å². The Morgan fingerprint density at radius 2 is 1.70 bits per heavy atom. The lowest BCUT2D eigenvalue weighted by Crippen LogP contribution is -2.19. The molecule has 1 unspecified atom stereocenters. The van der Waals surface area contributed by atoms with Crippen LogP contribution in [-0.4, -0.2) is 0 Å². The highest BCUT2D eigenvalue weighted by atomic mass is 35.5. The first-order valence-corrected chi connectivity index (χ1v) is 6.86. The molecule has 0 aromatic heterocycles. The van der Waals surface area contributed by atoms with Gasteiger partial charge in [0.15, 0.2) is 0 Å². The molecule has 1 nitrogen and oxygen atoms in total. The predicted molar refractivity (Wildman–Crippen MR) is 78.1 cm³/mol. The molecular formula is C15H13Cl2F2N. The van der Waals surface area contributed by atoms with Crippen molar-refractivity contribution in [1.82, 2.24) is 5.32 Å². The molecule has 1 N–H and O–H groups in total. The van der Waals surface area contributed by atoms with Crippen molar-refractivity contribution in [2.45, 2.75) is 19.5 Å². The summed E-state index contributed by atoms with van der Waals surface area (Å²) in [5, 5.41) is 3.62. The number of benzene rings is 2. The van der Waals surface area contributed by atoms with E-state index in [4.69, 9.17) is 23.2 Å². The molecular weight excluding hydrogens is 303 g/mol. The fraction of sp³-hybridized carbons (Fsp3) is 0.200. The minimum atomic E-state index is -0.499. The monoisotopic (exact) mass is 315 g/mol. The van der Waals surface area contributed by atoms with E-state index in [0.29, 0.717) is 17.1 Å². The molecule has 0 heterocycles. The van der Waals surface area contributed by atoms with Crippen LogP contribution in [0.3, 0.4) is 0 Å². The minimum Gasteiger partial charge on any atom is -0.306 e. The quantitative estimate of drug-likeness (QED) is 0.772. The van der Waals surface area contributed by atoms with Crippen LogP contribution in [0, 0.1) is 11.6 Å². The second kappa shape index (κ2) is 6.53. The number of hydrogen-bond donors (Lipinski definition) is 1. The van der Waals surface area contributed by atoms with Crippen molar-refractivity contribution in [3.8, 4) is 0 Å². The predicted octanol–water partition coefficient (Wildman–Crippen LogP) is 5.12. The zero-order valence-corrected chi connectivity index (χ0v) is 12.3. The first kappa shape index (κ1) is 15.2. The maximum absolute atomic E-state index is 13.5. The van der Waals surface area contributed by atoms with E-state index >= 15 is 0 Å². The first-order chi connectivity index (χ1) is 9.49. The Hall–Kier alpha value is -1.16. The van der Waals surface area contributed by atoms with Gasteiger partial charge in [-0.3, -0.25) is 0 Å². The Balaban J connectivity index is 2.11. The molecule has 0 amide bonds. The Labute approximate surface area is 126 Å². The Morgan fingerprint density at radius 1 is 1.05 bits per heavy atom. The van der Waals surface area contributed by atoms with Gasteiger partial charge in [-0.05, 0) is 36.8 Å². The molecule has 0 fully saturated rings. The van der Waals surface area contributed by atoms with Crippen molar-refractivity contribution in [1.29, 1.82) is 0 Å². The lowest BCUT2D eigenvalue weighted by atomic mass is 10.1. The third-order valence-electron chi connectivity index (χ3n) is 3.04. The summed E-state index contributed by atoms with van der Waals surface area (Å²) in [7, 11) is 0. The summed E-state index contributed by atoms with van der Waals surface area (Å²) in [5.41, 5.74) is 1.44. The van der Waals surface area contributed by atoms with Gasteiger partial charge in [0.1, 0.15) is 11.6 Å². The second-order valence-electron chi connectivity index (χ2n) is 4.49. The topological polar surface area (TPSA) is 12.0 Å². The van der Waals surface area contributed by atoms with Crippen molar-refractivity contribution < 1.29 is 8.78 Å². The smallest absolute Gasteiger partial charge is 0.142 e. The van der Waals surface area contributed by atoms with Crippen LogP contribution in [0.2, 0.25) is 10.0 Å². The summed E-state index contributed by atoms with van der Waals surface area (Å²) in [6, 6.07) is 8.65. The average molecular weight is 316 g/mol. The summed E-state index contributed by atoms with van der Waals surface area (Å²) in [6.45, 7) is 2.35. The summed E-state index contributed by atoms with van der Waals surface area (Å²) in [4.78, 5) is 0. The highest BCUT2D eigenvalue weighted by Crippen LogP contribution is 2.32. The molecule has 20 heavy (non-hydrogen) atoms. The van der Waals surface area contributed by atoms with E-state index in [9.17, 15) is 8.78 Å². The zero-order valence-electron chi connectivity index (χ0n) is 10.8. The van der Waals surface area contributed by atoms with Crippen LogP contribution in [-0.2, 0) is 6.54 Å². The van der Waals surface area contributed by atoms with Crippen LogP contribution in [0.4, 0.5) is 8.78 Å². The van der Waals surface area contributed by atoms with Crippen molar-refractivity contribution in [3.63, 3.8) is 0 Å². The summed E-state index contributed by atoms with van der Waals surface area (Å²) in [6.07, 6.45) is 0. The first-order valence-electron chi connectivity index (χ1n) is 6.10. The molecule has 106 valence electrons. The van der Waals surface area contributed by atoms with Crippen LogP contribution in [0.5, 0.6) is 0 Å². The van der Waals surface area contributed by atoms with Crippen LogP contribution in [0.1, 0.15) is 24.1 Å². The van der Waals surface area contributed by atoms with Crippen LogP contribution in [0.25, 0.3) is 0 Å². The lowest BCUT2D eigenvalue weighted by Gasteiger charge is -2.17. The number of hydrogen-bond acceptors (Lipinski definition) is 1. The third-order valence-corrected chi connectivity index (χ3v) is 3.75. The minimum absolute atomic E-state index is 0.0246. The van der Waals surface area contributed by atoms with E-state index in [1.165, 1.54) is 24.3 Å². The fourth-order valence-electron chi connectivity index (χ4n) is 1.91. The van der Waals surface area contributed by atoms with Crippen molar-refractivity contribution in [3.05, 3.63) is 69.2 Å². The normalized spacial score (nSPS) is 12.4. The van der Waals surface area contributed by atoms with Gasteiger partial charge in [-0.25, -0.2) is 8.78 Å². The lowest BCUT2D eigenvalue weighted by molar-refractivity contribution is 0.564. The average Bonchev–Trinajstić information content (AvgIpc) is 2.43. The zero-order chi connectivity index (χ0) is 14.7. The number of nitrogens with one attached hydrogen (secondary N) is 1. The SMILES string of the molecule is CC(NCc1ccc(F)cc1)c1c(Cl)ccc(F)c1Cl. The summed E-state index contributed by atoms with van der Waals surface area (Å²) in [5.74, 6) is -0.778. The molecule has 5 heteroatoms. The molecule has 0 radical (unpaired) electrons. The molecule has 0 aliphatic carbocycles. The molecule has 0 saturated heterocycles. The van der Waals surface area contributed by atoms with Gasteiger partial charge in [0, 0.05) is 23.2 Å². The van der Waals surface area contributed by atoms with Gasteiger partial charge in [-0.15, -0.1) is 0 Å². The standard InChI is InChI=1S/C15H13Cl2F2N/c1-9(14-12(16)6-7-13(19)15(14)17)20-8-10-2-4-11(18)5-3-10/h2-7,9,20H,8H2,1H3. The molecule has 1 atom stereocenters. The number of rotatable bonds is 4. The summed E-state index contributed by atoms with van der Waals surface area (Å²) >= 11 is 12.0. The van der Waals surface area contributed by atoms with Crippen LogP contribution in [0.15, 0.2) is 36.4 Å². The van der Waals surface area contributed by atoms with Gasteiger partial charge in [-0.1, -0.05) is 35.3 Å². The molecule has 0 spiro atoms. The van der Waals surface area contributed by atoms with Crippen LogP contribution >= 0.6 is 23.2 Å². The molecule has 0 aliphatic heterocycles. The van der Waals surface area contributed by atoms with Crippen molar-refractivity contribution in [2.24, 2.45) is 0 Å². The highest BCUT2D eigenvalue weighted by molar-refractivity contribution is 6.36. The van der Waals surface area contributed by atoms with Gasteiger partial charge >= 0.3 is 0 Å². The van der Waals surface area contributed by atoms with E-state index in [1.807, 2.05) is 6.92 Å². The summed E-state index contributed by atoms with van der Waals surface area (Å²) < 4.78 is 26.3. The van der Waals surface area contributed by atoms with E-state index in [2.05, 4.69) is 5.32 Å². The maximum Gasteiger partial charge on any atom is 0.142 e. The molecule has 0 saturated carbocycles. The van der Waals surface area contributed by atoms with E-state index in [0.717, 1.165) is 5.56 Å². The van der Waals surface area contributed by atoms with Gasteiger partial charge in [0.2, 0.25) is 0 Å². The second-order valence-corrected chi connectivity index (χ2v) is 5.27. The van der Waals surface area contributed by atoms with E-state index in [-0.39, 0.29) is 16.9 Å². The largest absolute Gasteiger partial charge is 0.306 e. The maximum atomic E-state index is 13.5. The van der Waals surface area contributed by atoms with Gasteiger partial charge in [-0.2, -0.15) is 0 Å². The third kappa shape index (κ3) is 3.48. The van der Waals surface area contributed by atoms with Gasteiger partial charge in [0.25, 0.3) is 0 Å². The van der Waals surface area contributed by atoms with Gasteiger partial charge < -0.3 is 5.32 Å². The number of halogens is 4. The van der Waals surface area contributed by atoms with Crippen molar-refractivity contribution >= 4 is 23.2 Å². The molecule has 2 aromatic carbocycles. The van der Waals surface area contributed by atoms with Crippen molar-refractivity contribution in [2.75, 3.05) is 0 Å². The van der Waals surface area contributed by atoms with Crippen LogP contribution < -0.4 is 5.32 Å². The molecule has 0 bridgehead atoms. The van der Waals surface area contributed by atoms with E-state index < -0.39 is 5.82 Å². The fourth-order valence-corrected chi connectivity index (χ4v) is 2.61. The Kier molecular flexibility index (Phi) is 4.97. The Morgan fingerprint density at radius 3 is 2.35 bits per heavy atom. The molecule has 2 aromatic rings. The van der Waals surface area contributed by atoms with E-state index in [1.54, 1.807) is 12.1 Å². The molecule has 2 rings (SSSR count).